The number of benzene rings is 2. The molecule has 3 aromatic rings. The minimum absolute atomic E-state index is 0.0173. The molecule has 1 aliphatic heterocycles. The van der Waals surface area contributed by atoms with Crippen molar-refractivity contribution in [2.45, 2.75) is 6.54 Å². The smallest absolute Gasteiger partial charge is 0.287 e. The molecular formula is C21H20N2O4. The van der Waals surface area contributed by atoms with E-state index >= 15 is 0 Å². The summed E-state index contributed by atoms with van der Waals surface area (Å²) in [6.45, 7) is 3.62. The van der Waals surface area contributed by atoms with E-state index in [4.69, 9.17) is 9.15 Å². The topological polar surface area (TPSA) is 71.8 Å². The lowest BCUT2D eigenvalue weighted by molar-refractivity contribution is 0.0923. The summed E-state index contributed by atoms with van der Waals surface area (Å²) in [5, 5.41) is 3.27. The number of amides is 1. The average Bonchev–Trinajstić information content (AvgIpc) is 2.73. The van der Waals surface area contributed by atoms with Gasteiger partial charge in [-0.15, -0.1) is 0 Å². The molecule has 1 aliphatic rings. The molecular weight excluding hydrogens is 344 g/mol. The molecule has 2 heterocycles. The van der Waals surface area contributed by atoms with Gasteiger partial charge in [0.05, 0.1) is 18.6 Å². The molecule has 0 spiro atoms. The standard InChI is InChI=1S/C21H20N2O4/c24-18-13-20(27-19-4-2-1-3-17(18)19)21(25)22-14-15-5-7-16(8-6-15)23-9-11-26-12-10-23/h1-8,13H,9-12,14H2,(H,22,25). The lowest BCUT2D eigenvalue weighted by atomic mass is 10.2. The van der Waals surface area contributed by atoms with Gasteiger partial charge in [0.1, 0.15) is 5.58 Å². The normalized spacial score (nSPS) is 14.3. The zero-order valence-electron chi connectivity index (χ0n) is 14.8. The highest BCUT2D eigenvalue weighted by molar-refractivity contribution is 5.93. The molecule has 0 unspecified atom stereocenters. The van der Waals surface area contributed by atoms with Crippen LogP contribution in [0.25, 0.3) is 11.0 Å². The molecule has 1 amide bonds. The third-order valence-electron chi connectivity index (χ3n) is 4.62. The first-order valence-corrected chi connectivity index (χ1v) is 8.93. The minimum atomic E-state index is -0.407. The molecule has 27 heavy (non-hydrogen) atoms. The first-order chi connectivity index (χ1) is 13.2. The molecule has 0 atom stereocenters. The summed E-state index contributed by atoms with van der Waals surface area (Å²) in [5.41, 5.74) is 2.30. The van der Waals surface area contributed by atoms with E-state index in [9.17, 15) is 9.59 Å². The number of morpholine rings is 1. The van der Waals surface area contributed by atoms with E-state index in [-0.39, 0.29) is 11.2 Å². The fraction of sp³-hybridized carbons (Fsp3) is 0.238. The second-order valence-corrected chi connectivity index (χ2v) is 6.42. The van der Waals surface area contributed by atoms with Crippen molar-refractivity contribution in [3.05, 3.63) is 76.1 Å². The van der Waals surface area contributed by atoms with Crippen LogP contribution in [0.2, 0.25) is 0 Å². The number of hydrogen-bond donors (Lipinski definition) is 1. The van der Waals surface area contributed by atoms with Gasteiger partial charge in [0, 0.05) is 31.4 Å². The van der Waals surface area contributed by atoms with Crippen molar-refractivity contribution in [3.63, 3.8) is 0 Å². The van der Waals surface area contributed by atoms with E-state index in [0.29, 0.717) is 17.5 Å². The number of nitrogens with zero attached hydrogens (tertiary/aromatic N) is 1. The van der Waals surface area contributed by atoms with Crippen molar-refractivity contribution in [1.82, 2.24) is 5.32 Å². The van der Waals surface area contributed by atoms with Gasteiger partial charge in [-0.25, -0.2) is 0 Å². The molecule has 1 saturated heterocycles. The van der Waals surface area contributed by atoms with Crippen LogP contribution in [0, 0.1) is 0 Å². The maximum Gasteiger partial charge on any atom is 0.287 e. The van der Waals surface area contributed by atoms with E-state index < -0.39 is 5.91 Å². The molecule has 0 bridgehead atoms. The highest BCUT2D eigenvalue weighted by Gasteiger charge is 2.13. The predicted molar refractivity (Wildman–Crippen MR) is 103 cm³/mol. The molecule has 138 valence electrons. The fourth-order valence-electron chi connectivity index (χ4n) is 3.13. The van der Waals surface area contributed by atoms with Crippen molar-refractivity contribution in [1.29, 1.82) is 0 Å². The van der Waals surface area contributed by atoms with Gasteiger partial charge in [0.2, 0.25) is 0 Å². The van der Waals surface area contributed by atoms with Gasteiger partial charge in [-0.05, 0) is 29.8 Å². The number of hydrogen-bond acceptors (Lipinski definition) is 5. The van der Waals surface area contributed by atoms with E-state index in [2.05, 4.69) is 10.2 Å². The lowest BCUT2D eigenvalue weighted by Crippen LogP contribution is -2.36. The fourth-order valence-corrected chi connectivity index (χ4v) is 3.13. The number of fused-ring (bicyclic) bond motifs is 1. The van der Waals surface area contributed by atoms with Gasteiger partial charge in [-0.1, -0.05) is 24.3 Å². The van der Waals surface area contributed by atoms with Crippen LogP contribution in [0.1, 0.15) is 16.1 Å². The van der Waals surface area contributed by atoms with Crippen LogP contribution in [0.3, 0.4) is 0 Å². The number of rotatable bonds is 4. The van der Waals surface area contributed by atoms with Gasteiger partial charge >= 0.3 is 0 Å². The predicted octanol–water partition coefficient (Wildman–Crippen LogP) is 2.56. The Balaban J connectivity index is 1.42. The van der Waals surface area contributed by atoms with Gasteiger partial charge in [0.25, 0.3) is 5.91 Å². The van der Waals surface area contributed by atoms with Crippen LogP contribution >= 0.6 is 0 Å². The number of carbonyl (C=O) groups excluding carboxylic acids is 1. The van der Waals surface area contributed by atoms with Crippen molar-refractivity contribution in [2.24, 2.45) is 0 Å². The zero-order chi connectivity index (χ0) is 18.6. The molecule has 6 heteroatoms. The summed E-state index contributed by atoms with van der Waals surface area (Å²) >= 11 is 0. The molecule has 4 rings (SSSR count). The van der Waals surface area contributed by atoms with Crippen molar-refractivity contribution >= 4 is 22.6 Å². The summed E-state index contributed by atoms with van der Waals surface area (Å²) in [7, 11) is 0. The number of carbonyl (C=O) groups is 1. The third-order valence-corrected chi connectivity index (χ3v) is 4.62. The Morgan fingerprint density at radius 2 is 1.78 bits per heavy atom. The van der Waals surface area contributed by atoms with Gasteiger partial charge < -0.3 is 19.4 Å². The van der Waals surface area contributed by atoms with Gasteiger partial charge in [-0.3, -0.25) is 9.59 Å². The number of anilines is 1. The van der Waals surface area contributed by atoms with Crippen LogP contribution < -0.4 is 15.6 Å². The number of para-hydroxylation sites is 1. The Bertz CT molecular complexity index is 1000. The van der Waals surface area contributed by atoms with Crippen molar-refractivity contribution in [2.75, 3.05) is 31.2 Å². The minimum Gasteiger partial charge on any atom is -0.451 e. The number of ether oxygens (including phenoxy) is 1. The van der Waals surface area contributed by atoms with Crippen molar-refractivity contribution < 1.29 is 13.9 Å². The summed E-state index contributed by atoms with van der Waals surface area (Å²) in [5.74, 6) is -0.390. The first kappa shape index (κ1) is 17.3. The maximum atomic E-state index is 12.4. The zero-order valence-corrected chi connectivity index (χ0v) is 14.8. The van der Waals surface area contributed by atoms with Crippen LogP contribution in [0.4, 0.5) is 5.69 Å². The third kappa shape index (κ3) is 3.85. The van der Waals surface area contributed by atoms with E-state index in [1.807, 2.05) is 24.3 Å². The highest BCUT2D eigenvalue weighted by atomic mass is 16.5. The molecule has 2 aromatic carbocycles. The lowest BCUT2D eigenvalue weighted by Gasteiger charge is -2.28. The van der Waals surface area contributed by atoms with Crippen molar-refractivity contribution in [3.8, 4) is 0 Å². The van der Waals surface area contributed by atoms with Crippen LogP contribution in [-0.4, -0.2) is 32.2 Å². The SMILES string of the molecule is O=C(NCc1ccc(N2CCOCC2)cc1)c1cc(=O)c2ccccc2o1. The van der Waals surface area contributed by atoms with E-state index in [1.54, 1.807) is 24.3 Å². The monoisotopic (exact) mass is 364 g/mol. The van der Waals surface area contributed by atoms with Crippen LogP contribution in [0.5, 0.6) is 0 Å². The molecule has 1 fully saturated rings. The average molecular weight is 364 g/mol. The van der Waals surface area contributed by atoms with E-state index in [0.717, 1.165) is 37.6 Å². The van der Waals surface area contributed by atoms with E-state index in [1.165, 1.54) is 6.07 Å². The van der Waals surface area contributed by atoms with Crippen LogP contribution in [-0.2, 0) is 11.3 Å². The number of nitrogens with one attached hydrogen (secondary N) is 1. The molecule has 1 N–H and O–H groups in total. The second kappa shape index (κ2) is 7.63. The first-order valence-electron chi connectivity index (χ1n) is 8.93. The highest BCUT2D eigenvalue weighted by Crippen LogP contribution is 2.17. The Morgan fingerprint density at radius 1 is 1.04 bits per heavy atom. The largest absolute Gasteiger partial charge is 0.451 e. The van der Waals surface area contributed by atoms with Crippen LogP contribution in [0.15, 0.2) is 63.8 Å². The quantitative estimate of drug-likeness (QED) is 0.770. The molecule has 0 radical (unpaired) electrons. The molecule has 1 aromatic heterocycles. The second-order valence-electron chi connectivity index (χ2n) is 6.42. The Hall–Kier alpha value is -3.12. The molecule has 0 aliphatic carbocycles. The van der Waals surface area contributed by atoms with Gasteiger partial charge in [0.15, 0.2) is 11.2 Å². The molecule has 0 saturated carbocycles. The summed E-state index contributed by atoms with van der Waals surface area (Å²) in [4.78, 5) is 26.7. The maximum absolute atomic E-state index is 12.4. The van der Waals surface area contributed by atoms with Gasteiger partial charge in [-0.2, -0.15) is 0 Å². The summed E-state index contributed by atoms with van der Waals surface area (Å²) in [6, 6.07) is 16.2. The summed E-state index contributed by atoms with van der Waals surface area (Å²) in [6.07, 6.45) is 0. The summed E-state index contributed by atoms with van der Waals surface area (Å²) < 4.78 is 10.9. The Kier molecular flexibility index (Phi) is 4.89. The Morgan fingerprint density at radius 3 is 2.56 bits per heavy atom. The molecule has 6 nitrogen and oxygen atoms in total. The Labute approximate surface area is 156 Å².